The summed E-state index contributed by atoms with van der Waals surface area (Å²) in [6, 6.07) is 3.12. The Balaban J connectivity index is 1.25. The lowest BCUT2D eigenvalue weighted by atomic mass is 9.73. The second-order valence-corrected chi connectivity index (χ2v) is 13.4. The molecule has 11 heteroatoms. The number of likely N-dealkylation sites (tertiary alicyclic amines) is 1. The number of benzene rings is 1. The van der Waals surface area contributed by atoms with Crippen LogP contribution < -0.4 is 10.6 Å². The third kappa shape index (κ3) is 5.49. The van der Waals surface area contributed by atoms with Gasteiger partial charge in [-0.15, -0.1) is 0 Å². The number of fused-ring (bicyclic) bond motifs is 1. The minimum absolute atomic E-state index is 0.0238. The second-order valence-electron chi connectivity index (χ2n) is 13.0. The fourth-order valence-electron chi connectivity index (χ4n) is 7.93. The van der Waals surface area contributed by atoms with Crippen LogP contribution in [0.5, 0.6) is 0 Å². The molecule has 1 spiro atoms. The summed E-state index contributed by atoms with van der Waals surface area (Å²) in [4.78, 5) is 48.6. The average Bonchev–Trinajstić information content (AvgIpc) is 3.63. The molecular weight excluding hydrogens is 573 g/mol. The molecule has 1 aromatic carbocycles. The SMILES string of the molecule is CCN1CCN(CCN2C(=O)[C@H]3C(C(=O)Nc4ccc(F)c(Cl)c4)[C@H]4C=CC3(O4)C2C(=O)NC2CCCC(C)C2C)CC1. The van der Waals surface area contributed by atoms with E-state index >= 15 is 0 Å². The number of hydrogen-bond acceptors (Lipinski definition) is 6. The zero-order chi connectivity index (χ0) is 30.5. The molecule has 6 unspecified atom stereocenters. The zero-order valence-corrected chi connectivity index (χ0v) is 26.0. The van der Waals surface area contributed by atoms with Crippen LogP contribution in [0.25, 0.3) is 0 Å². The molecule has 1 aliphatic carbocycles. The standard InChI is InChI=1S/C32H43ClFN5O4/c1-4-37-12-14-38(15-13-37)16-17-39-28(30(41)36-24-7-5-6-19(2)20(24)3)32-11-10-25(43-32)26(27(32)31(39)42)29(40)35-21-8-9-23(34)22(33)18-21/h8-11,18-20,24-28H,4-7,12-17H2,1-3H3,(H,35,40)(H,36,41)/t19?,20?,24?,25-,26?,27-,28?,32?/m1/s1. The van der Waals surface area contributed by atoms with Crippen molar-refractivity contribution in [3.8, 4) is 0 Å². The van der Waals surface area contributed by atoms with Gasteiger partial charge in [0.05, 0.1) is 23.0 Å². The van der Waals surface area contributed by atoms with E-state index in [0.717, 1.165) is 52.0 Å². The van der Waals surface area contributed by atoms with Gasteiger partial charge in [0, 0.05) is 51.0 Å². The van der Waals surface area contributed by atoms with Gasteiger partial charge >= 0.3 is 0 Å². The molecule has 1 aromatic rings. The van der Waals surface area contributed by atoms with Gasteiger partial charge in [-0.3, -0.25) is 19.3 Å². The molecule has 2 bridgehead atoms. The van der Waals surface area contributed by atoms with Crippen LogP contribution in [-0.2, 0) is 19.1 Å². The highest BCUT2D eigenvalue weighted by Crippen LogP contribution is 2.55. The molecule has 234 valence electrons. The van der Waals surface area contributed by atoms with Crippen molar-refractivity contribution in [2.45, 2.75) is 63.8 Å². The van der Waals surface area contributed by atoms with Crippen molar-refractivity contribution in [1.29, 1.82) is 0 Å². The Hall–Kier alpha value is -2.53. The van der Waals surface area contributed by atoms with E-state index in [2.05, 4.69) is 41.2 Å². The van der Waals surface area contributed by atoms with Crippen molar-refractivity contribution < 1.29 is 23.5 Å². The van der Waals surface area contributed by atoms with Crippen LogP contribution in [0.1, 0.15) is 40.0 Å². The molecule has 0 aromatic heterocycles. The van der Waals surface area contributed by atoms with E-state index in [1.807, 2.05) is 12.2 Å². The predicted octanol–water partition coefficient (Wildman–Crippen LogP) is 3.15. The monoisotopic (exact) mass is 615 g/mol. The van der Waals surface area contributed by atoms with E-state index in [1.165, 1.54) is 18.2 Å². The van der Waals surface area contributed by atoms with E-state index < -0.39 is 41.3 Å². The van der Waals surface area contributed by atoms with Gasteiger partial charge in [-0.2, -0.15) is 0 Å². The Kier molecular flexibility index (Phi) is 8.58. The lowest BCUT2D eigenvalue weighted by Gasteiger charge is -2.39. The molecule has 2 N–H and O–H groups in total. The van der Waals surface area contributed by atoms with Crippen LogP contribution in [0, 0.1) is 29.5 Å². The number of nitrogens with one attached hydrogen (secondary N) is 2. The molecule has 4 aliphatic heterocycles. The molecule has 9 nitrogen and oxygen atoms in total. The smallest absolute Gasteiger partial charge is 0.246 e. The van der Waals surface area contributed by atoms with Crippen molar-refractivity contribution in [3.05, 3.63) is 41.2 Å². The van der Waals surface area contributed by atoms with Gasteiger partial charge < -0.3 is 25.2 Å². The Morgan fingerprint density at radius 3 is 2.56 bits per heavy atom. The Labute approximate surface area is 258 Å². The molecule has 6 rings (SSSR count). The molecule has 3 amide bonds. The van der Waals surface area contributed by atoms with Crippen LogP contribution in [0.2, 0.25) is 5.02 Å². The second kappa shape index (κ2) is 12.1. The van der Waals surface area contributed by atoms with E-state index in [0.29, 0.717) is 30.6 Å². The van der Waals surface area contributed by atoms with Crippen molar-refractivity contribution in [2.75, 3.05) is 51.1 Å². The van der Waals surface area contributed by atoms with Gasteiger partial charge in [-0.1, -0.05) is 57.4 Å². The van der Waals surface area contributed by atoms with E-state index in [4.69, 9.17) is 16.3 Å². The molecule has 1 saturated carbocycles. The summed E-state index contributed by atoms with van der Waals surface area (Å²) in [5, 5.41) is 6.01. The Morgan fingerprint density at radius 1 is 1.09 bits per heavy atom. The third-order valence-electron chi connectivity index (χ3n) is 10.7. The fraction of sp³-hybridized carbons (Fsp3) is 0.656. The quantitative estimate of drug-likeness (QED) is 0.437. The Bertz CT molecular complexity index is 1290. The largest absolute Gasteiger partial charge is 0.359 e. The van der Waals surface area contributed by atoms with Gasteiger partial charge in [-0.05, 0) is 43.0 Å². The summed E-state index contributed by atoms with van der Waals surface area (Å²) < 4.78 is 20.2. The first-order chi connectivity index (χ1) is 20.6. The summed E-state index contributed by atoms with van der Waals surface area (Å²) in [5.74, 6) is -2.29. The molecule has 43 heavy (non-hydrogen) atoms. The van der Waals surface area contributed by atoms with Crippen molar-refractivity contribution in [1.82, 2.24) is 20.0 Å². The van der Waals surface area contributed by atoms with Crippen LogP contribution in [0.4, 0.5) is 10.1 Å². The van der Waals surface area contributed by atoms with Gasteiger partial charge in [0.15, 0.2) is 0 Å². The Morgan fingerprint density at radius 2 is 1.84 bits per heavy atom. The first kappa shape index (κ1) is 30.5. The number of ether oxygens (including phenoxy) is 1. The zero-order valence-electron chi connectivity index (χ0n) is 25.2. The summed E-state index contributed by atoms with van der Waals surface area (Å²) in [7, 11) is 0. The average molecular weight is 616 g/mol. The number of amides is 3. The lowest BCUT2D eigenvalue weighted by Crippen LogP contribution is -2.58. The number of hydrogen-bond donors (Lipinski definition) is 2. The van der Waals surface area contributed by atoms with Gasteiger partial charge in [-0.25, -0.2) is 4.39 Å². The highest BCUT2D eigenvalue weighted by atomic mass is 35.5. The predicted molar refractivity (Wildman–Crippen MR) is 162 cm³/mol. The molecule has 0 radical (unpaired) electrons. The van der Waals surface area contributed by atoms with Crippen LogP contribution >= 0.6 is 11.6 Å². The summed E-state index contributed by atoms with van der Waals surface area (Å²) in [6.45, 7) is 12.4. The van der Waals surface area contributed by atoms with Crippen LogP contribution in [-0.4, -0.2) is 102 Å². The lowest BCUT2D eigenvalue weighted by molar-refractivity contribution is -0.142. The topological polar surface area (TPSA) is 94.2 Å². The fourth-order valence-corrected chi connectivity index (χ4v) is 8.11. The maximum Gasteiger partial charge on any atom is 0.246 e. The number of halogens is 2. The number of rotatable bonds is 8. The number of anilines is 1. The maximum atomic E-state index is 14.3. The normalized spacial score (nSPS) is 35.8. The van der Waals surface area contributed by atoms with E-state index in [9.17, 15) is 18.8 Å². The first-order valence-electron chi connectivity index (χ1n) is 15.8. The molecule has 4 heterocycles. The summed E-state index contributed by atoms with van der Waals surface area (Å²) in [5.41, 5.74) is -0.890. The molecule has 3 saturated heterocycles. The number of piperazine rings is 1. The van der Waals surface area contributed by atoms with Crippen LogP contribution in [0.15, 0.2) is 30.4 Å². The number of nitrogens with zero attached hydrogens (tertiary/aromatic N) is 3. The van der Waals surface area contributed by atoms with Gasteiger partial charge in [0.2, 0.25) is 17.7 Å². The minimum atomic E-state index is -1.22. The number of likely N-dealkylation sites (N-methyl/N-ethyl adjacent to an activating group) is 1. The van der Waals surface area contributed by atoms with Gasteiger partial charge in [0.1, 0.15) is 17.5 Å². The number of carbonyl (C=O) groups is 3. The van der Waals surface area contributed by atoms with Crippen molar-refractivity contribution in [2.24, 2.45) is 23.7 Å². The third-order valence-corrected chi connectivity index (χ3v) is 11.0. The summed E-state index contributed by atoms with van der Waals surface area (Å²) >= 11 is 5.94. The molecular formula is C32H43ClFN5O4. The maximum absolute atomic E-state index is 14.3. The van der Waals surface area contributed by atoms with Crippen molar-refractivity contribution in [3.63, 3.8) is 0 Å². The van der Waals surface area contributed by atoms with Gasteiger partial charge in [0.25, 0.3) is 0 Å². The minimum Gasteiger partial charge on any atom is -0.359 e. The highest BCUT2D eigenvalue weighted by molar-refractivity contribution is 6.31. The van der Waals surface area contributed by atoms with E-state index in [-0.39, 0.29) is 22.9 Å². The van der Waals surface area contributed by atoms with Crippen LogP contribution in [0.3, 0.4) is 0 Å². The van der Waals surface area contributed by atoms with E-state index in [1.54, 1.807) is 4.90 Å². The molecule has 5 aliphatic rings. The first-order valence-corrected chi connectivity index (χ1v) is 16.2. The van der Waals surface area contributed by atoms with Crippen molar-refractivity contribution >= 4 is 35.0 Å². The number of carbonyl (C=O) groups excluding carboxylic acids is 3. The molecule has 8 atom stereocenters. The molecule has 4 fully saturated rings. The highest BCUT2D eigenvalue weighted by Gasteiger charge is 2.72. The summed E-state index contributed by atoms with van der Waals surface area (Å²) in [6.07, 6.45) is 6.11.